The number of rotatable bonds is 4. The maximum atomic E-state index is 5.73. The highest BCUT2D eigenvalue weighted by Gasteiger charge is 2.14. The van der Waals surface area contributed by atoms with Gasteiger partial charge in [-0.05, 0) is 19.9 Å². The summed E-state index contributed by atoms with van der Waals surface area (Å²) < 4.78 is 7.65. The van der Waals surface area contributed by atoms with Crippen LogP contribution in [0.2, 0.25) is 0 Å². The zero-order chi connectivity index (χ0) is 9.80. The Morgan fingerprint density at radius 1 is 1.71 bits per heavy atom. The second kappa shape index (κ2) is 4.57. The van der Waals surface area contributed by atoms with Crippen LogP contribution in [0.3, 0.4) is 0 Å². The molecule has 2 rings (SSSR count). The predicted octanol–water partition coefficient (Wildman–Crippen LogP) is 0.781. The summed E-state index contributed by atoms with van der Waals surface area (Å²) in [7, 11) is 0. The van der Waals surface area contributed by atoms with Crippen molar-refractivity contribution in [1.29, 1.82) is 0 Å². The molecular weight excluding hydrogens is 178 g/mol. The lowest BCUT2D eigenvalue weighted by atomic mass is 10.3. The Labute approximate surface area is 84.3 Å². The summed E-state index contributed by atoms with van der Waals surface area (Å²) in [6.07, 6.45) is 5.44. The van der Waals surface area contributed by atoms with Gasteiger partial charge < -0.3 is 10.1 Å². The third-order valence-corrected chi connectivity index (χ3v) is 2.51. The van der Waals surface area contributed by atoms with E-state index in [1.807, 2.05) is 17.1 Å². The zero-order valence-electron chi connectivity index (χ0n) is 8.57. The van der Waals surface area contributed by atoms with Crippen molar-refractivity contribution < 1.29 is 4.74 Å². The molecule has 1 saturated heterocycles. The highest BCUT2D eigenvalue weighted by atomic mass is 16.5. The van der Waals surface area contributed by atoms with E-state index in [-0.39, 0.29) is 0 Å². The molecule has 14 heavy (non-hydrogen) atoms. The van der Waals surface area contributed by atoms with Gasteiger partial charge in [0.2, 0.25) is 0 Å². The van der Waals surface area contributed by atoms with Crippen LogP contribution >= 0.6 is 0 Å². The molecule has 1 aliphatic heterocycles. The number of aromatic nitrogens is 2. The third-order valence-electron chi connectivity index (χ3n) is 2.51. The summed E-state index contributed by atoms with van der Waals surface area (Å²) in [5, 5.41) is 7.48. The van der Waals surface area contributed by atoms with Crippen LogP contribution in [0.1, 0.15) is 18.9 Å². The number of aryl methyl sites for hydroxylation is 1. The lowest BCUT2D eigenvalue weighted by Crippen LogP contribution is -2.16. The number of nitrogens with zero attached hydrogens (tertiary/aromatic N) is 2. The second-order valence-corrected chi connectivity index (χ2v) is 3.63. The molecule has 1 aromatic rings. The average Bonchev–Trinajstić information content (AvgIpc) is 2.86. The quantitative estimate of drug-likeness (QED) is 0.771. The van der Waals surface area contributed by atoms with Crippen molar-refractivity contribution in [3.63, 3.8) is 0 Å². The SMILES string of the molecule is CCn1cc(CO[C@@H]2CCNC2)cn1. The Balaban J connectivity index is 1.79. The van der Waals surface area contributed by atoms with Gasteiger partial charge in [0.25, 0.3) is 0 Å². The molecule has 4 nitrogen and oxygen atoms in total. The van der Waals surface area contributed by atoms with E-state index in [0.29, 0.717) is 12.7 Å². The van der Waals surface area contributed by atoms with Crippen LogP contribution in [0.25, 0.3) is 0 Å². The van der Waals surface area contributed by atoms with Crippen LogP contribution < -0.4 is 5.32 Å². The van der Waals surface area contributed by atoms with Gasteiger partial charge in [0, 0.05) is 24.8 Å². The smallest absolute Gasteiger partial charge is 0.0751 e. The summed E-state index contributed by atoms with van der Waals surface area (Å²) in [6.45, 7) is 5.76. The molecule has 0 bridgehead atoms. The molecule has 0 amide bonds. The first kappa shape index (κ1) is 9.68. The topological polar surface area (TPSA) is 39.1 Å². The van der Waals surface area contributed by atoms with Gasteiger partial charge in [-0.25, -0.2) is 0 Å². The van der Waals surface area contributed by atoms with Crippen molar-refractivity contribution in [2.24, 2.45) is 0 Å². The molecule has 0 saturated carbocycles. The number of hydrogen-bond donors (Lipinski definition) is 1. The molecule has 1 aromatic heterocycles. The van der Waals surface area contributed by atoms with Gasteiger partial charge >= 0.3 is 0 Å². The average molecular weight is 195 g/mol. The minimum absolute atomic E-state index is 0.389. The van der Waals surface area contributed by atoms with Gasteiger partial charge in [0.15, 0.2) is 0 Å². The minimum Gasteiger partial charge on any atom is -0.372 e. The van der Waals surface area contributed by atoms with Crippen molar-refractivity contribution in [2.75, 3.05) is 13.1 Å². The van der Waals surface area contributed by atoms with Crippen LogP contribution in [0.5, 0.6) is 0 Å². The molecule has 1 aliphatic rings. The van der Waals surface area contributed by atoms with Crippen molar-refractivity contribution in [2.45, 2.75) is 32.6 Å². The van der Waals surface area contributed by atoms with Crippen LogP contribution in [0, 0.1) is 0 Å². The normalized spacial score (nSPS) is 21.6. The Kier molecular flexibility index (Phi) is 3.16. The van der Waals surface area contributed by atoms with Crippen LogP contribution in [0.4, 0.5) is 0 Å². The van der Waals surface area contributed by atoms with Crippen LogP contribution in [0.15, 0.2) is 12.4 Å². The third kappa shape index (κ3) is 2.33. The summed E-state index contributed by atoms with van der Waals surface area (Å²) >= 11 is 0. The van der Waals surface area contributed by atoms with E-state index >= 15 is 0 Å². The highest BCUT2D eigenvalue weighted by molar-refractivity contribution is 5.01. The fraction of sp³-hybridized carbons (Fsp3) is 0.700. The maximum Gasteiger partial charge on any atom is 0.0751 e. The molecule has 0 unspecified atom stereocenters. The summed E-state index contributed by atoms with van der Waals surface area (Å²) in [5.74, 6) is 0. The van der Waals surface area contributed by atoms with E-state index in [2.05, 4.69) is 17.3 Å². The molecule has 1 fully saturated rings. The molecule has 1 atom stereocenters. The van der Waals surface area contributed by atoms with Gasteiger partial charge in [-0.2, -0.15) is 5.10 Å². The van der Waals surface area contributed by atoms with E-state index in [9.17, 15) is 0 Å². The van der Waals surface area contributed by atoms with Crippen LogP contribution in [-0.2, 0) is 17.9 Å². The maximum absolute atomic E-state index is 5.73. The molecule has 4 heteroatoms. The Hall–Kier alpha value is -0.870. The number of hydrogen-bond acceptors (Lipinski definition) is 3. The molecule has 1 N–H and O–H groups in total. The van der Waals surface area contributed by atoms with Crippen molar-refractivity contribution in [3.8, 4) is 0 Å². The second-order valence-electron chi connectivity index (χ2n) is 3.63. The fourth-order valence-corrected chi connectivity index (χ4v) is 1.64. The van der Waals surface area contributed by atoms with E-state index < -0.39 is 0 Å². The molecule has 0 spiro atoms. The molecule has 2 heterocycles. The molecule has 78 valence electrons. The van der Waals surface area contributed by atoms with Gasteiger partial charge in [-0.1, -0.05) is 0 Å². The summed E-state index contributed by atoms with van der Waals surface area (Å²) in [6, 6.07) is 0. The van der Waals surface area contributed by atoms with Crippen molar-refractivity contribution in [3.05, 3.63) is 18.0 Å². The van der Waals surface area contributed by atoms with Gasteiger partial charge in [0.05, 0.1) is 18.9 Å². The van der Waals surface area contributed by atoms with E-state index in [0.717, 1.165) is 26.1 Å². The van der Waals surface area contributed by atoms with Gasteiger partial charge in [-0.3, -0.25) is 4.68 Å². The van der Waals surface area contributed by atoms with Gasteiger partial charge in [0.1, 0.15) is 0 Å². The minimum atomic E-state index is 0.389. The fourth-order valence-electron chi connectivity index (χ4n) is 1.64. The molecule has 0 aliphatic carbocycles. The van der Waals surface area contributed by atoms with E-state index in [4.69, 9.17) is 4.74 Å². The standard InChI is InChI=1S/C10H17N3O/c1-2-13-7-9(5-12-13)8-14-10-3-4-11-6-10/h5,7,10-11H,2-4,6,8H2,1H3/t10-/m1/s1. The first-order valence-corrected chi connectivity index (χ1v) is 5.22. The predicted molar refractivity (Wildman–Crippen MR) is 54.0 cm³/mol. The lowest BCUT2D eigenvalue weighted by molar-refractivity contribution is 0.0542. The molecule has 0 aromatic carbocycles. The van der Waals surface area contributed by atoms with Crippen molar-refractivity contribution >= 4 is 0 Å². The largest absolute Gasteiger partial charge is 0.372 e. The monoisotopic (exact) mass is 195 g/mol. The molecular formula is C10H17N3O. The van der Waals surface area contributed by atoms with Gasteiger partial charge in [-0.15, -0.1) is 0 Å². The van der Waals surface area contributed by atoms with Crippen molar-refractivity contribution in [1.82, 2.24) is 15.1 Å². The highest BCUT2D eigenvalue weighted by Crippen LogP contribution is 2.07. The van der Waals surface area contributed by atoms with Crippen LogP contribution in [-0.4, -0.2) is 29.0 Å². The zero-order valence-corrected chi connectivity index (χ0v) is 8.57. The first-order valence-electron chi connectivity index (χ1n) is 5.22. The first-order chi connectivity index (χ1) is 6.88. The van der Waals surface area contributed by atoms with E-state index in [1.54, 1.807) is 0 Å². The Morgan fingerprint density at radius 2 is 2.64 bits per heavy atom. The number of nitrogens with one attached hydrogen (secondary N) is 1. The number of ether oxygens (including phenoxy) is 1. The van der Waals surface area contributed by atoms with E-state index in [1.165, 1.54) is 5.56 Å². The Bertz CT molecular complexity index is 279. The lowest BCUT2D eigenvalue weighted by Gasteiger charge is -2.08. The molecule has 0 radical (unpaired) electrons. The Morgan fingerprint density at radius 3 is 3.29 bits per heavy atom. The summed E-state index contributed by atoms with van der Waals surface area (Å²) in [5.41, 5.74) is 1.17. The summed E-state index contributed by atoms with van der Waals surface area (Å²) in [4.78, 5) is 0.